The first kappa shape index (κ1) is 8.45. The maximum absolute atomic E-state index is 5.14. The zero-order chi connectivity index (χ0) is 9.26. The molecule has 2 rings (SSSR count). The Balaban J connectivity index is 2.74. The van der Waals surface area contributed by atoms with E-state index in [0.29, 0.717) is 0 Å². The van der Waals surface area contributed by atoms with Gasteiger partial charge in [0.2, 0.25) is 0 Å². The van der Waals surface area contributed by atoms with Crippen molar-refractivity contribution in [1.82, 2.24) is 0 Å². The summed E-state index contributed by atoms with van der Waals surface area (Å²) in [4.78, 5) is 0.983. The Morgan fingerprint density at radius 2 is 2.00 bits per heavy atom. The van der Waals surface area contributed by atoms with E-state index in [1.807, 2.05) is 30.3 Å². The highest BCUT2D eigenvalue weighted by molar-refractivity contribution is 7.80. The summed E-state index contributed by atoms with van der Waals surface area (Å²) in [5, 5.41) is 2.32. The minimum Gasteiger partial charge on any atom is -0.497 e. The molecule has 66 valence electrons. The van der Waals surface area contributed by atoms with Gasteiger partial charge in [-0.05, 0) is 29.0 Å². The second-order valence-corrected chi connectivity index (χ2v) is 3.35. The fourth-order valence-electron chi connectivity index (χ4n) is 1.36. The molecule has 0 bridgehead atoms. The van der Waals surface area contributed by atoms with Gasteiger partial charge in [0.25, 0.3) is 0 Å². The number of methoxy groups -OCH3 is 1. The second kappa shape index (κ2) is 3.30. The van der Waals surface area contributed by atoms with Crippen LogP contribution in [0.15, 0.2) is 41.3 Å². The molecule has 0 aliphatic heterocycles. The number of fused-ring (bicyclic) bond motifs is 1. The molecule has 0 radical (unpaired) electrons. The molecule has 0 amide bonds. The van der Waals surface area contributed by atoms with E-state index in [1.165, 1.54) is 5.39 Å². The molecule has 2 aromatic rings. The molecule has 0 heterocycles. The fraction of sp³-hybridized carbons (Fsp3) is 0.0909. The van der Waals surface area contributed by atoms with Gasteiger partial charge in [-0.3, -0.25) is 0 Å². The van der Waals surface area contributed by atoms with E-state index in [1.54, 1.807) is 7.11 Å². The first-order valence-electron chi connectivity index (χ1n) is 4.07. The van der Waals surface area contributed by atoms with Crippen LogP contribution in [0.4, 0.5) is 0 Å². The Bertz CT molecular complexity index is 437. The number of thiol groups is 1. The van der Waals surface area contributed by atoms with E-state index in [0.717, 1.165) is 16.0 Å². The van der Waals surface area contributed by atoms with Gasteiger partial charge in [0.05, 0.1) is 7.11 Å². The zero-order valence-electron chi connectivity index (χ0n) is 7.32. The lowest BCUT2D eigenvalue weighted by Crippen LogP contribution is -1.82. The number of hydrogen-bond acceptors (Lipinski definition) is 2. The molecule has 0 unspecified atom stereocenters. The van der Waals surface area contributed by atoms with Crippen LogP contribution in [0, 0.1) is 0 Å². The molecule has 0 N–H and O–H groups in total. The predicted molar refractivity (Wildman–Crippen MR) is 57.8 cm³/mol. The van der Waals surface area contributed by atoms with Crippen molar-refractivity contribution in [3.63, 3.8) is 0 Å². The lowest BCUT2D eigenvalue weighted by Gasteiger charge is -2.03. The standard InChI is InChI=1S/C11H10OS/c1-12-9-6-5-8-3-2-4-11(13)10(8)7-9/h2-7,13H,1H3. The van der Waals surface area contributed by atoms with Gasteiger partial charge in [0, 0.05) is 4.90 Å². The number of benzene rings is 2. The van der Waals surface area contributed by atoms with Gasteiger partial charge in [-0.1, -0.05) is 18.2 Å². The van der Waals surface area contributed by atoms with Gasteiger partial charge >= 0.3 is 0 Å². The van der Waals surface area contributed by atoms with Gasteiger partial charge in [-0.25, -0.2) is 0 Å². The van der Waals surface area contributed by atoms with Gasteiger partial charge in [-0.2, -0.15) is 0 Å². The molecular formula is C11H10OS. The lowest BCUT2D eigenvalue weighted by molar-refractivity contribution is 0.415. The normalized spacial score (nSPS) is 10.3. The Hall–Kier alpha value is -1.15. The Morgan fingerprint density at radius 3 is 2.77 bits per heavy atom. The third-order valence-electron chi connectivity index (χ3n) is 2.07. The van der Waals surface area contributed by atoms with Crippen LogP contribution >= 0.6 is 12.6 Å². The molecule has 13 heavy (non-hydrogen) atoms. The average molecular weight is 190 g/mol. The summed E-state index contributed by atoms with van der Waals surface area (Å²) >= 11 is 4.38. The molecule has 0 aromatic heterocycles. The first-order valence-corrected chi connectivity index (χ1v) is 4.52. The zero-order valence-corrected chi connectivity index (χ0v) is 8.21. The van der Waals surface area contributed by atoms with Gasteiger partial charge in [0.15, 0.2) is 0 Å². The van der Waals surface area contributed by atoms with Crippen molar-refractivity contribution in [2.75, 3.05) is 7.11 Å². The minimum absolute atomic E-state index is 0.869. The van der Waals surface area contributed by atoms with E-state index in [-0.39, 0.29) is 0 Å². The Labute approximate surface area is 82.7 Å². The largest absolute Gasteiger partial charge is 0.497 e. The highest BCUT2D eigenvalue weighted by atomic mass is 32.1. The van der Waals surface area contributed by atoms with Crippen LogP contribution in [0.5, 0.6) is 5.75 Å². The third kappa shape index (κ3) is 1.49. The van der Waals surface area contributed by atoms with Crippen molar-refractivity contribution >= 4 is 23.4 Å². The van der Waals surface area contributed by atoms with Crippen LogP contribution < -0.4 is 4.74 Å². The Kier molecular flexibility index (Phi) is 2.15. The summed E-state index contributed by atoms with van der Waals surface area (Å²) in [6.07, 6.45) is 0. The number of rotatable bonds is 1. The molecule has 0 atom stereocenters. The van der Waals surface area contributed by atoms with Crippen molar-refractivity contribution in [3.05, 3.63) is 36.4 Å². The van der Waals surface area contributed by atoms with Gasteiger partial charge in [0.1, 0.15) is 5.75 Å². The first-order chi connectivity index (χ1) is 6.31. The van der Waals surface area contributed by atoms with E-state index in [4.69, 9.17) is 4.74 Å². The molecule has 0 fully saturated rings. The summed E-state index contributed by atoms with van der Waals surface area (Å²) in [5.41, 5.74) is 0. The minimum atomic E-state index is 0.869. The lowest BCUT2D eigenvalue weighted by atomic mass is 10.1. The van der Waals surface area contributed by atoms with Gasteiger partial charge in [-0.15, -0.1) is 12.6 Å². The maximum atomic E-state index is 5.14. The summed E-state index contributed by atoms with van der Waals surface area (Å²) in [5.74, 6) is 0.869. The van der Waals surface area contributed by atoms with Crippen LogP contribution in [0.25, 0.3) is 10.8 Å². The van der Waals surface area contributed by atoms with Crippen LogP contribution in [0.3, 0.4) is 0 Å². The topological polar surface area (TPSA) is 9.23 Å². The number of ether oxygens (including phenoxy) is 1. The van der Waals surface area contributed by atoms with E-state index >= 15 is 0 Å². The van der Waals surface area contributed by atoms with Crippen LogP contribution in [0.1, 0.15) is 0 Å². The average Bonchev–Trinajstić information content (AvgIpc) is 2.18. The molecule has 0 aliphatic carbocycles. The maximum Gasteiger partial charge on any atom is 0.119 e. The van der Waals surface area contributed by atoms with Crippen molar-refractivity contribution in [1.29, 1.82) is 0 Å². The van der Waals surface area contributed by atoms with Crippen LogP contribution in [0.2, 0.25) is 0 Å². The highest BCUT2D eigenvalue weighted by Crippen LogP contribution is 2.25. The number of hydrogen-bond donors (Lipinski definition) is 1. The quantitative estimate of drug-likeness (QED) is 0.680. The molecule has 0 saturated carbocycles. The van der Waals surface area contributed by atoms with E-state index < -0.39 is 0 Å². The Morgan fingerprint density at radius 1 is 1.15 bits per heavy atom. The van der Waals surface area contributed by atoms with Crippen molar-refractivity contribution < 1.29 is 4.74 Å². The summed E-state index contributed by atoms with van der Waals surface area (Å²) in [6.45, 7) is 0. The molecule has 0 aliphatic rings. The van der Waals surface area contributed by atoms with Crippen LogP contribution in [-0.2, 0) is 0 Å². The summed E-state index contributed by atoms with van der Waals surface area (Å²) in [7, 11) is 1.67. The highest BCUT2D eigenvalue weighted by Gasteiger charge is 1.98. The summed E-state index contributed by atoms with van der Waals surface area (Å²) < 4.78 is 5.14. The molecule has 1 nitrogen and oxygen atoms in total. The molecule has 0 saturated heterocycles. The molecule has 2 heteroatoms. The summed E-state index contributed by atoms with van der Waals surface area (Å²) in [6, 6.07) is 12.0. The molecule has 0 spiro atoms. The van der Waals surface area contributed by atoms with Crippen molar-refractivity contribution in [2.45, 2.75) is 4.90 Å². The van der Waals surface area contributed by atoms with E-state index in [2.05, 4.69) is 18.7 Å². The second-order valence-electron chi connectivity index (χ2n) is 2.86. The van der Waals surface area contributed by atoms with Gasteiger partial charge < -0.3 is 4.74 Å². The van der Waals surface area contributed by atoms with Crippen LogP contribution in [-0.4, -0.2) is 7.11 Å². The van der Waals surface area contributed by atoms with E-state index in [9.17, 15) is 0 Å². The predicted octanol–water partition coefficient (Wildman–Crippen LogP) is 3.14. The van der Waals surface area contributed by atoms with Crippen molar-refractivity contribution in [2.24, 2.45) is 0 Å². The SMILES string of the molecule is COc1ccc2cccc(S)c2c1. The monoisotopic (exact) mass is 190 g/mol. The van der Waals surface area contributed by atoms with Crippen molar-refractivity contribution in [3.8, 4) is 5.75 Å². The molecule has 2 aromatic carbocycles. The smallest absolute Gasteiger partial charge is 0.119 e. The fourth-order valence-corrected chi connectivity index (χ4v) is 1.64. The molecular weight excluding hydrogens is 180 g/mol. The third-order valence-corrected chi connectivity index (χ3v) is 2.46.